The standard InChI is InChI=1S/C22H24N2O4/c1-21(2)20(26)22(7-8-22)15-11-13(3-5-16(15)24-21)19(25)23-14-4-6-17-18(12-14)28-10-9-27-17/h3-6,11-12,20,24,26H,7-10H2,1-2H3,(H,23,25)/t20-/m1/s1. The van der Waals surface area contributed by atoms with Crippen molar-refractivity contribution in [1.29, 1.82) is 0 Å². The number of benzene rings is 2. The van der Waals surface area contributed by atoms with E-state index in [4.69, 9.17) is 9.47 Å². The summed E-state index contributed by atoms with van der Waals surface area (Å²) in [4.78, 5) is 12.8. The van der Waals surface area contributed by atoms with E-state index in [1.54, 1.807) is 18.2 Å². The molecule has 28 heavy (non-hydrogen) atoms. The van der Waals surface area contributed by atoms with Crippen molar-refractivity contribution >= 4 is 17.3 Å². The number of hydrogen-bond acceptors (Lipinski definition) is 5. The predicted octanol–water partition coefficient (Wildman–Crippen LogP) is 3.31. The molecule has 2 aromatic rings. The van der Waals surface area contributed by atoms with Crippen LogP contribution in [-0.4, -0.2) is 35.9 Å². The van der Waals surface area contributed by atoms with Gasteiger partial charge < -0.3 is 25.2 Å². The summed E-state index contributed by atoms with van der Waals surface area (Å²) in [5, 5.41) is 17.2. The van der Waals surface area contributed by atoms with E-state index in [1.165, 1.54) is 0 Å². The summed E-state index contributed by atoms with van der Waals surface area (Å²) in [7, 11) is 0. The van der Waals surface area contributed by atoms with E-state index in [9.17, 15) is 9.90 Å². The largest absolute Gasteiger partial charge is 0.486 e. The lowest BCUT2D eigenvalue weighted by atomic mass is 9.75. The molecular formula is C22H24N2O4. The van der Waals surface area contributed by atoms with E-state index in [0.717, 1.165) is 24.1 Å². The molecule has 2 aromatic carbocycles. The Morgan fingerprint density at radius 2 is 1.86 bits per heavy atom. The van der Waals surface area contributed by atoms with Crippen LogP contribution in [0.5, 0.6) is 11.5 Å². The minimum Gasteiger partial charge on any atom is -0.486 e. The monoisotopic (exact) mass is 380 g/mol. The molecule has 0 saturated heterocycles. The molecule has 2 aliphatic heterocycles. The SMILES string of the molecule is CC1(C)Nc2ccc(C(=O)Nc3ccc4c(c3)OCCO4)cc2C2(CC2)[C@@H]1O. The molecule has 2 heterocycles. The molecule has 1 amide bonds. The number of aliphatic hydroxyl groups excluding tert-OH is 1. The summed E-state index contributed by atoms with van der Waals surface area (Å²) in [6.45, 7) is 5.07. The minimum atomic E-state index is -0.483. The lowest BCUT2D eigenvalue weighted by Crippen LogP contribution is -2.54. The van der Waals surface area contributed by atoms with Crippen LogP contribution in [-0.2, 0) is 5.41 Å². The summed E-state index contributed by atoms with van der Waals surface area (Å²) in [6.07, 6.45) is 1.41. The first-order valence-electron chi connectivity index (χ1n) is 9.71. The molecule has 0 unspecified atom stereocenters. The van der Waals surface area contributed by atoms with Crippen molar-refractivity contribution in [3.8, 4) is 11.5 Å². The average molecular weight is 380 g/mol. The first-order chi connectivity index (χ1) is 13.4. The third-order valence-electron chi connectivity index (χ3n) is 6.07. The van der Waals surface area contributed by atoms with E-state index in [2.05, 4.69) is 10.6 Å². The van der Waals surface area contributed by atoms with Gasteiger partial charge in [-0.25, -0.2) is 0 Å². The van der Waals surface area contributed by atoms with Crippen LogP contribution in [0.3, 0.4) is 0 Å². The maximum atomic E-state index is 12.8. The Hall–Kier alpha value is -2.73. The van der Waals surface area contributed by atoms with Gasteiger partial charge in [0.25, 0.3) is 5.91 Å². The van der Waals surface area contributed by atoms with Crippen LogP contribution < -0.4 is 20.1 Å². The predicted molar refractivity (Wildman–Crippen MR) is 106 cm³/mol. The number of hydrogen-bond donors (Lipinski definition) is 3. The van der Waals surface area contributed by atoms with E-state index in [1.807, 2.05) is 32.0 Å². The Morgan fingerprint density at radius 1 is 1.11 bits per heavy atom. The second-order valence-corrected chi connectivity index (χ2v) is 8.48. The number of ether oxygens (including phenoxy) is 2. The highest BCUT2D eigenvalue weighted by Crippen LogP contribution is 2.58. The van der Waals surface area contributed by atoms with Crippen molar-refractivity contribution in [3.63, 3.8) is 0 Å². The smallest absolute Gasteiger partial charge is 0.255 e. The zero-order valence-electron chi connectivity index (χ0n) is 16.0. The van der Waals surface area contributed by atoms with Gasteiger partial charge in [-0.2, -0.15) is 0 Å². The van der Waals surface area contributed by atoms with E-state index in [-0.39, 0.29) is 11.3 Å². The molecule has 6 nitrogen and oxygen atoms in total. The van der Waals surface area contributed by atoms with Crippen LogP contribution in [0.1, 0.15) is 42.6 Å². The van der Waals surface area contributed by atoms with E-state index in [0.29, 0.717) is 36.0 Å². The average Bonchev–Trinajstić information content (AvgIpc) is 3.48. The molecule has 6 heteroatoms. The Kier molecular flexibility index (Phi) is 3.65. The van der Waals surface area contributed by atoms with Crippen LogP contribution in [0.4, 0.5) is 11.4 Å². The van der Waals surface area contributed by atoms with Crippen LogP contribution in [0, 0.1) is 0 Å². The molecule has 1 spiro atoms. The maximum absolute atomic E-state index is 12.8. The molecule has 0 bridgehead atoms. The molecule has 1 saturated carbocycles. The highest BCUT2D eigenvalue weighted by molar-refractivity contribution is 6.05. The fourth-order valence-electron chi connectivity index (χ4n) is 4.46. The number of anilines is 2. The number of amides is 1. The minimum absolute atomic E-state index is 0.186. The molecule has 5 rings (SSSR count). The Morgan fingerprint density at radius 3 is 2.61 bits per heavy atom. The summed E-state index contributed by atoms with van der Waals surface area (Å²) in [6, 6.07) is 11.1. The number of carbonyl (C=O) groups excluding carboxylic acids is 1. The van der Waals surface area contributed by atoms with Crippen molar-refractivity contribution in [2.24, 2.45) is 0 Å². The Bertz CT molecular complexity index is 965. The van der Waals surface area contributed by atoms with Gasteiger partial charge in [-0.05, 0) is 62.6 Å². The highest BCUT2D eigenvalue weighted by Gasteiger charge is 2.58. The first kappa shape index (κ1) is 17.4. The molecule has 3 aliphatic rings. The maximum Gasteiger partial charge on any atom is 0.255 e. The third kappa shape index (κ3) is 2.63. The summed E-state index contributed by atoms with van der Waals surface area (Å²) < 4.78 is 11.1. The normalized spacial score (nSPS) is 22.8. The van der Waals surface area contributed by atoms with Gasteiger partial charge in [0.2, 0.25) is 0 Å². The molecular weight excluding hydrogens is 356 g/mol. The van der Waals surface area contributed by atoms with Crippen LogP contribution in [0.15, 0.2) is 36.4 Å². The molecule has 0 radical (unpaired) electrons. The third-order valence-corrected chi connectivity index (χ3v) is 6.07. The summed E-state index contributed by atoms with van der Waals surface area (Å²) in [5.41, 5.74) is 2.65. The van der Waals surface area contributed by atoms with Crippen LogP contribution in [0.25, 0.3) is 0 Å². The first-order valence-corrected chi connectivity index (χ1v) is 9.71. The second-order valence-electron chi connectivity index (χ2n) is 8.48. The molecule has 0 aromatic heterocycles. The van der Waals surface area contributed by atoms with Crippen molar-refractivity contribution in [3.05, 3.63) is 47.5 Å². The van der Waals surface area contributed by atoms with Crippen molar-refractivity contribution in [1.82, 2.24) is 0 Å². The number of aliphatic hydroxyl groups is 1. The zero-order chi connectivity index (χ0) is 19.5. The Balaban J connectivity index is 1.42. The van der Waals surface area contributed by atoms with E-state index >= 15 is 0 Å². The summed E-state index contributed by atoms with van der Waals surface area (Å²) >= 11 is 0. The molecule has 1 fully saturated rings. The fraction of sp³-hybridized carbons (Fsp3) is 0.409. The number of carbonyl (C=O) groups is 1. The second kappa shape index (κ2) is 5.88. The van der Waals surface area contributed by atoms with E-state index < -0.39 is 11.6 Å². The molecule has 1 aliphatic carbocycles. The van der Waals surface area contributed by atoms with Crippen LogP contribution >= 0.6 is 0 Å². The topological polar surface area (TPSA) is 79.8 Å². The number of fused-ring (bicyclic) bond motifs is 3. The van der Waals surface area contributed by atoms with Gasteiger partial charge in [-0.15, -0.1) is 0 Å². The lowest BCUT2D eigenvalue weighted by Gasteiger charge is -2.44. The van der Waals surface area contributed by atoms with Gasteiger partial charge in [-0.3, -0.25) is 4.79 Å². The summed E-state index contributed by atoms with van der Waals surface area (Å²) in [5.74, 6) is 1.15. The Labute approximate surface area is 163 Å². The molecule has 146 valence electrons. The zero-order valence-corrected chi connectivity index (χ0v) is 16.0. The van der Waals surface area contributed by atoms with Crippen molar-refractivity contribution in [2.45, 2.75) is 43.7 Å². The van der Waals surface area contributed by atoms with Gasteiger partial charge in [0.1, 0.15) is 13.2 Å². The molecule has 1 atom stereocenters. The quantitative estimate of drug-likeness (QED) is 0.745. The molecule has 3 N–H and O–H groups in total. The highest BCUT2D eigenvalue weighted by atomic mass is 16.6. The van der Waals surface area contributed by atoms with Crippen molar-refractivity contribution in [2.75, 3.05) is 23.8 Å². The van der Waals surface area contributed by atoms with Gasteiger partial charge >= 0.3 is 0 Å². The van der Waals surface area contributed by atoms with Crippen LogP contribution in [0.2, 0.25) is 0 Å². The van der Waals surface area contributed by atoms with Gasteiger partial charge in [-0.1, -0.05) is 0 Å². The van der Waals surface area contributed by atoms with Gasteiger partial charge in [0, 0.05) is 28.4 Å². The lowest BCUT2D eigenvalue weighted by molar-refractivity contribution is 0.0705. The number of rotatable bonds is 2. The number of nitrogens with one attached hydrogen (secondary N) is 2. The van der Waals surface area contributed by atoms with Gasteiger partial charge in [0.05, 0.1) is 11.6 Å². The van der Waals surface area contributed by atoms with Crippen molar-refractivity contribution < 1.29 is 19.4 Å². The fourth-order valence-corrected chi connectivity index (χ4v) is 4.46. The van der Waals surface area contributed by atoms with Gasteiger partial charge in [0.15, 0.2) is 11.5 Å².